The third-order valence-electron chi connectivity index (χ3n) is 2.63. The molecule has 0 saturated heterocycles. The third kappa shape index (κ3) is 4.43. The van der Waals surface area contributed by atoms with Crippen molar-refractivity contribution in [2.24, 2.45) is 0 Å². The molecule has 0 unspecified atom stereocenters. The van der Waals surface area contributed by atoms with E-state index in [0.717, 1.165) is 9.21 Å². The van der Waals surface area contributed by atoms with Gasteiger partial charge in [0, 0.05) is 19.8 Å². The fourth-order valence-corrected chi connectivity index (χ4v) is 2.51. The molecule has 0 aromatic heterocycles. The molecule has 0 aliphatic heterocycles. The van der Waals surface area contributed by atoms with Gasteiger partial charge in [-0.3, -0.25) is 9.59 Å². The van der Waals surface area contributed by atoms with E-state index in [4.69, 9.17) is 10.2 Å². The van der Waals surface area contributed by atoms with E-state index in [1.165, 1.54) is 38.4 Å². The Labute approximate surface area is 122 Å². The van der Waals surface area contributed by atoms with Crippen molar-refractivity contribution in [3.63, 3.8) is 0 Å². The van der Waals surface area contributed by atoms with E-state index in [2.05, 4.69) is 0 Å². The topological polar surface area (TPSA) is 115 Å². The fourth-order valence-electron chi connectivity index (χ4n) is 1.60. The zero-order valence-corrected chi connectivity index (χ0v) is 12.4. The van der Waals surface area contributed by atoms with Crippen LogP contribution in [0.1, 0.15) is 0 Å². The summed E-state index contributed by atoms with van der Waals surface area (Å²) >= 11 is 0. The Morgan fingerprint density at radius 1 is 1.00 bits per heavy atom. The summed E-state index contributed by atoms with van der Waals surface area (Å²) in [6.45, 7) is -0.988. The summed E-state index contributed by atoms with van der Waals surface area (Å²) in [7, 11) is -0.797. The van der Waals surface area contributed by atoms with E-state index in [0.29, 0.717) is 5.69 Å². The van der Waals surface area contributed by atoms with Crippen molar-refractivity contribution in [1.82, 2.24) is 4.31 Å². The second-order valence-corrected chi connectivity index (χ2v) is 6.58. The first kappa shape index (κ1) is 16.9. The van der Waals surface area contributed by atoms with Gasteiger partial charge in [-0.15, -0.1) is 0 Å². The van der Waals surface area contributed by atoms with Gasteiger partial charge in [0.2, 0.25) is 10.0 Å². The lowest BCUT2D eigenvalue weighted by Gasteiger charge is -2.21. The van der Waals surface area contributed by atoms with Crippen LogP contribution in [-0.2, 0) is 19.6 Å². The van der Waals surface area contributed by atoms with Gasteiger partial charge in [0.15, 0.2) is 0 Å². The van der Waals surface area contributed by atoms with Crippen molar-refractivity contribution < 1.29 is 28.2 Å². The summed E-state index contributed by atoms with van der Waals surface area (Å²) in [6.07, 6.45) is 0. The van der Waals surface area contributed by atoms with Crippen molar-refractivity contribution in [3.8, 4) is 0 Å². The molecule has 116 valence electrons. The molecule has 0 aliphatic rings. The van der Waals surface area contributed by atoms with Gasteiger partial charge in [-0.2, -0.15) is 0 Å². The average molecular weight is 316 g/mol. The normalized spacial score (nSPS) is 11.4. The Kier molecular flexibility index (Phi) is 5.28. The van der Waals surface area contributed by atoms with E-state index in [-0.39, 0.29) is 4.90 Å². The van der Waals surface area contributed by atoms with Gasteiger partial charge in [0.1, 0.15) is 13.1 Å². The fraction of sp³-hybridized carbons (Fsp3) is 0.333. The molecule has 1 rings (SSSR count). The van der Waals surface area contributed by atoms with E-state index in [1.54, 1.807) is 0 Å². The van der Waals surface area contributed by atoms with Gasteiger partial charge in [-0.25, -0.2) is 12.7 Å². The number of hydrogen-bond acceptors (Lipinski definition) is 5. The second kappa shape index (κ2) is 6.55. The lowest BCUT2D eigenvalue weighted by Crippen LogP contribution is -2.34. The number of anilines is 1. The number of benzene rings is 1. The number of rotatable bonds is 7. The molecular formula is C12H16N2O6S. The van der Waals surface area contributed by atoms with E-state index < -0.39 is 35.1 Å². The largest absolute Gasteiger partial charge is 0.480 e. The second-order valence-electron chi connectivity index (χ2n) is 4.42. The number of aliphatic carboxylic acids is 2. The van der Waals surface area contributed by atoms with E-state index in [9.17, 15) is 18.0 Å². The molecule has 0 atom stereocenters. The number of carbonyl (C=O) groups is 2. The Hall–Kier alpha value is -2.13. The van der Waals surface area contributed by atoms with Crippen LogP contribution < -0.4 is 4.90 Å². The Morgan fingerprint density at radius 3 is 1.76 bits per heavy atom. The lowest BCUT2D eigenvalue weighted by molar-refractivity contribution is -0.136. The lowest BCUT2D eigenvalue weighted by atomic mass is 10.3. The Balaban J connectivity index is 3.08. The highest BCUT2D eigenvalue weighted by Gasteiger charge is 2.19. The minimum atomic E-state index is -3.58. The number of nitrogens with zero attached hydrogens (tertiary/aromatic N) is 2. The monoisotopic (exact) mass is 316 g/mol. The van der Waals surface area contributed by atoms with Gasteiger partial charge in [-0.05, 0) is 24.3 Å². The summed E-state index contributed by atoms with van der Waals surface area (Å²) in [4.78, 5) is 22.7. The molecule has 9 heteroatoms. The van der Waals surface area contributed by atoms with Gasteiger partial charge in [-0.1, -0.05) is 0 Å². The summed E-state index contributed by atoms with van der Waals surface area (Å²) < 4.78 is 24.8. The van der Waals surface area contributed by atoms with Gasteiger partial charge in [0.05, 0.1) is 4.90 Å². The van der Waals surface area contributed by atoms with Crippen LogP contribution in [0.15, 0.2) is 29.2 Å². The molecule has 1 aromatic rings. The predicted molar refractivity (Wildman–Crippen MR) is 74.8 cm³/mol. The Bertz CT molecular complexity index is 608. The molecule has 0 bridgehead atoms. The highest BCUT2D eigenvalue weighted by Crippen LogP contribution is 2.19. The quantitative estimate of drug-likeness (QED) is 0.722. The zero-order chi connectivity index (χ0) is 16.2. The number of carboxylic acid groups (broad SMARTS) is 2. The van der Waals surface area contributed by atoms with Crippen LogP contribution in [0.4, 0.5) is 5.69 Å². The van der Waals surface area contributed by atoms with Crippen molar-refractivity contribution in [1.29, 1.82) is 0 Å². The van der Waals surface area contributed by atoms with Crippen LogP contribution in [0, 0.1) is 0 Å². The molecule has 21 heavy (non-hydrogen) atoms. The van der Waals surface area contributed by atoms with Gasteiger partial charge in [0.25, 0.3) is 0 Å². The van der Waals surface area contributed by atoms with Crippen LogP contribution in [0.3, 0.4) is 0 Å². The highest BCUT2D eigenvalue weighted by atomic mass is 32.2. The first-order chi connectivity index (χ1) is 9.64. The van der Waals surface area contributed by atoms with E-state index in [1.807, 2.05) is 0 Å². The summed E-state index contributed by atoms with van der Waals surface area (Å²) in [5.74, 6) is -2.36. The van der Waals surface area contributed by atoms with Crippen molar-refractivity contribution in [3.05, 3.63) is 24.3 Å². The molecule has 0 radical (unpaired) electrons. The smallest absolute Gasteiger partial charge is 0.323 e. The van der Waals surface area contributed by atoms with Crippen molar-refractivity contribution in [2.75, 3.05) is 32.1 Å². The maximum atomic E-state index is 11.9. The Morgan fingerprint density at radius 2 is 1.43 bits per heavy atom. The maximum Gasteiger partial charge on any atom is 0.323 e. The maximum absolute atomic E-state index is 11.9. The van der Waals surface area contributed by atoms with Crippen molar-refractivity contribution >= 4 is 27.6 Å². The van der Waals surface area contributed by atoms with E-state index >= 15 is 0 Å². The molecule has 0 fully saturated rings. The number of sulfonamides is 1. The minimum absolute atomic E-state index is 0.0434. The molecule has 0 heterocycles. The molecule has 0 amide bonds. The zero-order valence-electron chi connectivity index (χ0n) is 11.6. The molecule has 8 nitrogen and oxygen atoms in total. The average Bonchev–Trinajstić information content (AvgIpc) is 2.36. The van der Waals surface area contributed by atoms with Crippen LogP contribution in [0.25, 0.3) is 0 Å². The standard InChI is InChI=1S/C12H16N2O6S/c1-13(2)21(19,20)10-5-3-9(4-6-10)14(7-11(15)16)8-12(17)18/h3-6H,7-8H2,1-2H3,(H,15,16)(H,17,18). The minimum Gasteiger partial charge on any atom is -0.480 e. The molecule has 0 aliphatic carbocycles. The van der Waals surface area contributed by atoms with Crippen LogP contribution in [-0.4, -0.2) is 62.1 Å². The number of hydrogen-bond donors (Lipinski definition) is 2. The number of carboxylic acids is 2. The highest BCUT2D eigenvalue weighted by molar-refractivity contribution is 7.89. The van der Waals surface area contributed by atoms with Crippen LogP contribution in [0.5, 0.6) is 0 Å². The summed E-state index contributed by atoms with van der Waals surface area (Å²) in [5.41, 5.74) is 0.317. The predicted octanol–water partition coefficient (Wildman–Crippen LogP) is -0.0875. The van der Waals surface area contributed by atoms with Crippen LogP contribution >= 0.6 is 0 Å². The van der Waals surface area contributed by atoms with Gasteiger partial charge < -0.3 is 15.1 Å². The third-order valence-corrected chi connectivity index (χ3v) is 4.46. The first-order valence-corrected chi connectivity index (χ1v) is 7.29. The van der Waals surface area contributed by atoms with Gasteiger partial charge >= 0.3 is 11.9 Å². The molecular weight excluding hydrogens is 300 g/mol. The molecule has 1 aromatic carbocycles. The molecule has 0 saturated carbocycles. The van der Waals surface area contributed by atoms with Crippen molar-refractivity contribution in [2.45, 2.75) is 4.90 Å². The molecule has 0 spiro atoms. The first-order valence-electron chi connectivity index (χ1n) is 5.85. The molecule has 2 N–H and O–H groups in total. The summed E-state index contributed by atoms with van der Waals surface area (Å²) in [5, 5.41) is 17.6. The SMILES string of the molecule is CN(C)S(=O)(=O)c1ccc(N(CC(=O)O)CC(=O)O)cc1. The summed E-state index contributed by atoms with van der Waals surface area (Å²) in [6, 6.07) is 5.37. The van der Waals surface area contributed by atoms with Crippen LogP contribution in [0.2, 0.25) is 0 Å².